The Labute approximate surface area is 181 Å². The first kappa shape index (κ1) is 20.9. The Bertz CT molecular complexity index is 958. The summed E-state index contributed by atoms with van der Waals surface area (Å²) in [5, 5.41) is 9.93. The van der Waals surface area contributed by atoms with Crippen LogP contribution >= 0.6 is 0 Å². The number of anilines is 1. The Kier molecular flexibility index (Phi) is 6.20. The molecule has 0 atom stereocenters. The zero-order chi connectivity index (χ0) is 21.8. The normalized spacial score (nSPS) is 16.9. The van der Waals surface area contributed by atoms with E-state index in [2.05, 4.69) is 15.7 Å². The number of hydrogen-bond donors (Lipinski definition) is 2. The second-order valence-corrected chi connectivity index (χ2v) is 8.15. The number of amides is 4. The molecule has 9 nitrogen and oxygen atoms in total. The molecule has 1 aromatic carbocycles. The Morgan fingerprint density at radius 2 is 1.74 bits per heavy atom. The molecule has 2 aliphatic rings. The van der Waals surface area contributed by atoms with Crippen LogP contribution in [0, 0.1) is 0 Å². The summed E-state index contributed by atoms with van der Waals surface area (Å²) < 4.78 is 1.59. The van der Waals surface area contributed by atoms with Crippen molar-refractivity contribution in [3.63, 3.8) is 0 Å². The van der Waals surface area contributed by atoms with Gasteiger partial charge in [-0.3, -0.25) is 14.3 Å². The van der Waals surface area contributed by atoms with Crippen molar-refractivity contribution in [2.24, 2.45) is 7.05 Å². The minimum absolute atomic E-state index is 0.0128. The highest BCUT2D eigenvalue weighted by Gasteiger charge is 2.25. The van der Waals surface area contributed by atoms with Crippen molar-refractivity contribution >= 4 is 23.5 Å². The lowest BCUT2D eigenvalue weighted by atomic mass is 10.0. The molecular formula is C22H28N6O3. The van der Waals surface area contributed by atoms with Crippen molar-refractivity contribution in [2.75, 3.05) is 31.5 Å². The number of benzene rings is 1. The highest BCUT2D eigenvalue weighted by molar-refractivity contribution is 5.97. The average molecular weight is 425 g/mol. The number of nitrogens with zero attached hydrogens (tertiary/aromatic N) is 4. The van der Waals surface area contributed by atoms with Gasteiger partial charge in [-0.15, -0.1) is 0 Å². The highest BCUT2D eigenvalue weighted by atomic mass is 16.2. The zero-order valence-corrected chi connectivity index (χ0v) is 17.7. The van der Waals surface area contributed by atoms with Gasteiger partial charge in [0.2, 0.25) is 0 Å². The molecule has 4 rings (SSSR count). The van der Waals surface area contributed by atoms with Crippen LogP contribution in [-0.2, 0) is 7.05 Å². The standard InChI is InChI=1S/C22H28N6O3/c1-26-15-17(14-23-26)20(29)24-18-7-11-28(12-8-18)22(31)25-19-6-4-5-16(13-19)21(30)27-9-2-3-10-27/h4-6,13-15,18H,2-3,7-12H2,1H3,(H,24,29)(H,25,31). The van der Waals surface area contributed by atoms with E-state index in [1.54, 1.807) is 53.3 Å². The van der Waals surface area contributed by atoms with E-state index in [1.165, 1.54) is 0 Å². The van der Waals surface area contributed by atoms with Gasteiger partial charge in [-0.05, 0) is 43.9 Å². The summed E-state index contributed by atoms with van der Waals surface area (Å²) in [6.45, 7) is 2.69. The maximum Gasteiger partial charge on any atom is 0.321 e. The third-order valence-electron chi connectivity index (χ3n) is 5.84. The van der Waals surface area contributed by atoms with Gasteiger partial charge in [-0.2, -0.15) is 5.10 Å². The summed E-state index contributed by atoms with van der Waals surface area (Å²) in [5.41, 5.74) is 1.74. The van der Waals surface area contributed by atoms with Crippen molar-refractivity contribution in [1.29, 1.82) is 0 Å². The van der Waals surface area contributed by atoms with E-state index in [1.807, 2.05) is 4.90 Å². The maximum absolute atomic E-state index is 12.7. The lowest BCUT2D eigenvalue weighted by molar-refractivity contribution is 0.0792. The van der Waals surface area contributed by atoms with Gasteiger partial charge in [0.1, 0.15) is 0 Å². The van der Waals surface area contributed by atoms with Gasteiger partial charge >= 0.3 is 6.03 Å². The van der Waals surface area contributed by atoms with Crippen molar-refractivity contribution in [2.45, 2.75) is 31.7 Å². The third kappa shape index (κ3) is 5.04. The molecule has 0 aliphatic carbocycles. The SMILES string of the molecule is Cn1cc(C(=O)NC2CCN(C(=O)Nc3cccc(C(=O)N4CCCC4)c3)CC2)cn1. The summed E-state index contributed by atoms with van der Waals surface area (Å²) in [5.74, 6) is -0.130. The summed E-state index contributed by atoms with van der Waals surface area (Å²) >= 11 is 0. The lowest BCUT2D eigenvalue weighted by Gasteiger charge is -2.32. The number of likely N-dealkylation sites (tertiary alicyclic amines) is 2. The van der Waals surface area contributed by atoms with E-state index in [0.717, 1.165) is 25.9 Å². The fourth-order valence-electron chi connectivity index (χ4n) is 4.07. The Morgan fingerprint density at radius 3 is 2.42 bits per heavy atom. The van der Waals surface area contributed by atoms with Gasteiger partial charge in [-0.25, -0.2) is 4.79 Å². The van der Waals surface area contributed by atoms with Crippen molar-refractivity contribution < 1.29 is 14.4 Å². The number of aromatic nitrogens is 2. The first-order valence-corrected chi connectivity index (χ1v) is 10.7. The molecule has 4 amide bonds. The smallest absolute Gasteiger partial charge is 0.321 e. The number of piperidine rings is 1. The molecule has 9 heteroatoms. The number of hydrogen-bond acceptors (Lipinski definition) is 4. The molecule has 2 aliphatic heterocycles. The topological polar surface area (TPSA) is 99.6 Å². The molecule has 3 heterocycles. The fraction of sp³-hybridized carbons (Fsp3) is 0.455. The molecule has 2 fully saturated rings. The maximum atomic E-state index is 12.7. The van der Waals surface area contributed by atoms with E-state index in [9.17, 15) is 14.4 Å². The van der Waals surface area contributed by atoms with Crippen molar-refractivity contribution in [1.82, 2.24) is 24.9 Å². The molecule has 0 radical (unpaired) electrons. The van der Waals surface area contributed by atoms with Gasteiger partial charge < -0.3 is 20.4 Å². The van der Waals surface area contributed by atoms with E-state index >= 15 is 0 Å². The Hall–Kier alpha value is -3.36. The minimum atomic E-state index is -0.192. The quantitative estimate of drug-likeness (QED) is 0.785. The predicted molar refractivity (Wildman–Crippen MR) is 116 cm³/mol. The molecule has 2 saturated heterocycles. The van der Waals surface area contributed by atoms with Gasteiger partial charge in [0.15, 0.2) is 0 Å². The van der Waals surface area contributed by atoms with Crippen LogP contribution in [0.3, 0.4) is 0 Å². The second kappa shape index (κ2) is 9.20. The molecular weight excluding hydrogens is 396 g/mol. The van der Waals surface area contributed by atoms with Crippen LogP contribution in [0.4, 0.5) is 10.5 Å². The molecule has 2 aromatic rings. The molecule has 2 N–H and O–H groups in total. The van der Waals surface area contributed by atoms with Crippen LogP contribution in [0.5, 0.6) is 0 Å². The molecule has 0 bridgehead atoms. The van der Waals surface area contributed by atoms with Crippen LogP contribution in [0.25, 0.3) is 0 Å². The fourth-order valence-corrected chi connectivity index (χ4v) is 4.07. The van der Waals surface area contributed by atoms with Gasteiger partial charge in [-0.1, -0.05) is 6.07 Å². The largest absolute Gasteiger partial charge is 0.349 e. The number of rotatable bonds is 4. The average Bonchev–Trinajstić information content (AvgIpc) is 3.46. The van der Waals surface area contributed by atoms with Crippen LogP contribution in [0.15, 0.2) is 36.7 Å². The summed E-state index contributed by atoms with van der Waals surface area (Å²) in [6.07, 6.45) is 6.68. The number of urea groups is 1. The van der Waals surface area contributed by atoms with Gasteiger partial charge in [0.25, 0.3) is 11.8 Å². The van der Waals surface area contributed by atoms with Gasteiger partial charge in [0.05, 0.1) is 11.8 Å². The predicted octanol–water partition coefficient (Wildman–Crippen LogP) is 2.08. The first-order chi connectivity index (χ1) is 15.0. The molecule has 1 aromatic heterocycles. The number of aryl methyl sites for hydroxylation is 1. The summed E-state index contributed by atoms with van der Waals surface area (Å²) in [7, 11) is 1.77. The van der Waals surface area contributed by atoms with Crippen molar-refractivity contribution in [3.05, 3.63) is 47.8 Å². The van der Waals surface area contributed by atoms with E-state index in [-0.39, 0.29) is 23.9 Å². The van der Waals surface area contributed by atoms with Crippen LogP contribution in [-0.4, -0.2) is 69.6 Å². The number of carbonyl (C=O) groups is 3. The molecule has 0 spiro atoms. The van der Waals surface area contributed by atoms with Crippen molar-refractivity contribution in [3.8, 4) is 0 Å². The van der Waals surface area contributed by atoms with Crippen LogP contribution in [0.2, 0.25) is 0 Å². The van der Waals surface area contributed by atoms with Crippen LogP contribution < -0.4 is 10.6 Å². The Balaban J connectivity index is 1.27. The lowest BCUT2D eigenvalue weighted by Crippen LogP contribution is -2.47. The number of nitrogens with one attached hydrogen (secondary N) is 2. The van der Waals surface area contributed by atoms with E-state index in [0.29, 0.717) is 42.7 Å². The monoisotopic (exact) mass is 424 g/mol. The van der Waals surface area contributed by atoms with Crippen LogP contribution in [0.1, 0.15) is 46.4 Å². The number of carbonyl (C=O) groups excluding carboxylic acids is 3. The highest BCUT2D eigenvalue weighted by Crippen LogP contribution is 2.18. The Morgan fingerprint density at radius 1 is 1.00 bits per heavy atom. The molecule has 31 heavy (non-hydrogen) atoms. The molecule has 0 unspecified atom stereocenters. The summed E-state index contributed by atoms with van der Waals surface area (Å²) in [6, 6.07) is 6.94. The second-order valence-electron chi connectivity index (χ2n) is 8.15. The summed E-state index contributed by atoms with van der Waals surface area (Å²) in [4.78, 5) is 41.1. The van der Waals surface area contributed by atoms with E-state index in [4.69, 9.17) is 0 Å². The third-order valence-corrected chi connectivity index (χ3v) is 5.84. The minimum Gasteiger partial charge on any atom is -0.349 e. The first-order valence-electron chi connectivity index (χ1n) is 10.7. The molecule has 164 valence electrons. The van der Waals surface area contributed by atoms with E-state index < -0.39 is 0 Å². The van der Waals surface area contributed by atoms with Gasteiger partial charge in [0, 0.05) is 56.7 Å². The molecule has 0 saturated carbocycles. The zero-order valence-electron chi connectivity index (χ0n) is 17.7.